The monoisotopic (exact) mass is 349 g/mol. The highest BCUT2D eigenvalue weighted by Crippen LogP contribution is 2.28. The van der Waals surface area contributed by atoms with E-state index in [2.05, 4.69) is 36.2 Å². The summed E-state index contributed by atoms with van der Waals surface area (Å²) >= 11 is 1.17. The second-order valence-electron chi connectivity index (χ2n) is 5.81. The van der Waals surface area contributed by atoms with Crippen molar-refractivity contribution < 1.29 is 14.6 Å². The molecule has 0 saturated heterocycles. The fraction of sp³-hybridized carbons (Fsp3) is 0.471. The van der Waals surface area contributed by atoms with E-state index in [0.29, 0.717) is 30.1 Å². The molecular weight excluding hydrogens is 326 g/mol. The number of hydrogen-bond acceptors (Lipinski definition) is 5. The zero-order valence-corrected chi connectivity index (χ0v) is 15.3. The number of benzene rings is 1. The lowest BCUT2D eigenvalue weighted by atomic mass is 10.0. The maximum Gasteiger partial charge on any atom is 0.313 e. The van der Waals surface area contributed by atoms with Crippen molar-refractivity contribution in [2.75, 3.05) is 5.75 Å². The minimum absolute atomic E-state index is 0.0334. The molecule has 0 spiro atoms. The first-order chi connectivity index (χ1) is 11.4. The van der Waals surface area contributed by atoms with E-state index >= 15 is 0 Å². The van der Waals surface area contributed by atoms with Gasteiger partial charge in [0.25, 0.3) is 0 Å². The van der Waals surface area contributed by atoms with Crippen LogP contribution in [0, 0.1) is 6.92 Å². The number of aromatic nitrogens is 3. The number of ether oxygens (including phenoxy) is 1. The van der Waals surface area contributed by atoms with E-state index in [1.807, 2.05) is 24.5 Å². The van der Waals surface area contributed by atoms with Gasteiger partial charge in [-0.25, -0.2) is 0 Å². The first-order valence-corrected chi connectivity index (χ1v) is 8.91. The van der Waals surface area contributed by atoms with E-state index in [9.17, 15) is 4.79 Å². The van der Waals surface area contributed by atoms with Gasteiger partial charge in [0.2, 0.25) is 0 Å². The first-order valence-electron chi connectivity index (χ1n) is 7.92. The van der Waals surface area contributed by atoms with Gasteiger partial charge in [-0.1, -0.05) is 37.7 Å². The van der Waals surface area contributed by atoms with Crippen LogP contribution in [0.15, 0.2) is 23.4 Å². The Hall–Kier alpha value is -2.02. The average molecular weight is 349 g/mol. The topological polar surface area (TPSA) is 77.2 Å². The minimum atomic E-state index is -0.871. The van der Waals surface area contributed by atoms with Crippen LogP contribution in [-0.2, 0) is 17.9 Å². The van der Waals surface area contributed by atoms with Crippen LogP contribution >= 0.6 is 11.8 Å². The van der Waals surface area contributed by atoms with E-state index in [0.717, 1.165) is 16.9 Å². The lowest BCUT2D eigenvalue weighted by Crippen LogP contribution is -2.09. The SMILES string of the molecule is CCn1c(COc2cc(C)ccc2C(C)C)nnc1SCC(=O)O. The summed E-state index contributed by atoms with van der Waals surface area (Å²) in [5.74, 6) is 1.02. The van der Waals surface area contributed by atoms with Crippen LogP contribution in [0.5, 0.6) is 5.75 Å². The fourth-order valence-electron chi connectivity index (χ4n) is 2.36. The molecule has 1 N–H and O–H groups in total. The molecular formula is C17H23N3O3S. The van der Waals surface area contributed by atoms with Crippen LogP contribution < -0.4 is 4.74 Å². The van der Waals surface area contributed by atoms with E-state index in [1.165, 1.54) is 11.8 Å². The number of nitrogens with zero attached hydrogens (tertiary/aromatic N) is 3. The molecule has 0 bridgehead atoms. The maximum atomic E-state index is 10.7. The van der Waals surface area contributed by atoms with Gasteiger partial charge >= 0.3 is 5.97 Å². The Morgan fingerprint density at radius 2 is 2.12 bits per heavy atom. The van der Waals surface area contributed by atoms with Crippen molar-refractivity contribution >= 4 is 17.7 Å². The summed E-state index contributed by atoms with van der Waals surface area (Å²) in [5, 5.41) is 17.6. The molecule has 1 aromatic carbocycles. The normalized spacial score (nSPS) is 11.0. The summed E-state index contributed by atoms with van der Waals surface area (Å²) in [4.78, 5) is 10.7. The van der Waals surface area contributed by atoms with Crippen molar-refractivity contribution in [3.8, 4) is 5.75 Å². The Bertz CT molecular complexity index is 713. The summed E-state index contributed by atoms with van der Waals surface area (Å²) in [6.45, 7) is 9.24. The van der Waals surface area contributed by atoms with Gasteiger partial charge < -0.3 is 14.4 Å². The van der Waals surface area contributed by atoms with Crippen LogP contribution in [-0.4, -0.2) is 31.6 Å². The van der Waals surface area contributed by atoms with Crippen molar-refractivity contribution in [3.63, 3.8) is 0 Å². The van der Waals surface area contributed by atoms with Crippen molar-refractivity contribution in [1.82, 2.24) is 14.8 Å². The number of carbonyl (C=O) groups is 1. The van der Waals surface area contributed by atoms with Gasteiger partial charge in [-0.3, -0.25) is 4.79 Å². The number of thioether (sulfide) groups is 1. The zero-order valence-electron chi connectivity index (χ0n) is 14.4. The smallest absolute Gasteiger partial charge is 0.313 e. The number of rotatable bonds is 8. The summed E-state index contributed by atoms with van der Waals surface area (Å²) in [6.07, 6.45) is 0. The molecule has 130 valence electrons. The standard InChI is InChI=1S/C17H23N3O3S/c1-5-20-15(18-19-17(20)24-10-16(21)22)9-23-14-8-12(4)6-7-13(14)11(2)3/h6-8,11H,5,9-10H2,1-4H3,(H,21,22). The van der Waals surface area contributed by atoms with Crippen LogP contribution in [0.1, 0.15) is 43.6 Å². The highest BCUT2D eigenvalue weighted by molar-refractivity contribution is 7.99. The predicted octanol–water partition coefficient (Wildman–Crippen LogP) is 3.49. The largest absolute Gasteiger partial charge is 0.485 e. The van der Waals surface area contributed by atoms with Gasteiger partial charge in [0, 0.05) is 6.54 Å². The molecule has 6 nitrogen and oxygen atoms in total. The number of carboxylic acid groups (broad SMARTS) is 1. The van der Waals surface area contributed by atoms with Gasteiger partial charge in [-0.15, -0.1) is 10.2 Å². The lowest BCUT2D eigenvalue weighted by Gasteiger charge is -2.15. The number of aryl methyl sites for hydroxylation is 1. The summed E-state index contributed by atoms with van der Waals surface area (Å²) in [5.41, 5.74) is 2.30. The zero-order chi connectivity index (χ0) is 17.7. The molecule has 0 atom stereocenters. The molecule has 24 heavy (non-hydrogen) atoms. The Labute approximate surface area is 146 Å². The van der Waals surface area contributed by atoms with Crippen molar-refractivity contribution in [2.24, 2.45) is 0 Å². The molecule has 2 rings (SSSR count). The van der Waals surface area contributed by atoms with Gasteiger partial charge in [0.1, 0.15) is 12.4 Å². The first kappa shape index (κ1) is 18.3. The molecule has 0 amide bonds. The molecule has 0 radical (unpaired) electrons. The maximum absolute atomic E-state index is 10.7. The lowest BCUT2D eigenvalue weighted by molar-refractivity contribution is -0.133. The third-order valence-electron chi connectivity index (χ3n) is 3.58. The van der Waals surface area contributed by atoms with Crippen molar-refractivity contribution in [3.05, 3.63) is 35.2 Å². The summed E-state index contributed by atoms with van der Waals surface area (Å²) < 4.78 is 7.89. The van der Waals surface area contributed by atoms with Gasteiger partial charge in [-0.2, -0.15) is 0 Å². The van der Waals surface area contributed by atoms with E-state index in [-0.39, 0.29) is 5.75 Å². The highest BCUT2D eigenvalue weighted by atomic mass is 32.2. The Morgan fingerprint density at radius 3 is 2.75 bits per heavy atom. The van der Waals surface area contributed by atoms with Gasteiger partial charge in [0.05, 0.1) is 5.75 Å². The number of hydrogen-bond donors (Lipinski definition) is 1. The van der Waals surface area contributed by atoms with Crippen LogP contribution in [0.4, 0.5) is 0 Å². The second-order valence-corrected chi connectivity index (χ2v) is 6.75. The molecule has 0 aliphatic carbocycles. The Morgan fingerprint density at radius 1 is 1.38 bits per heavy atom. The third kappa shape index (κ3) is 4.50. The van der Waals surface area contributed by atoms with E-state index in [1.54, 1.807) is 0 Å². The fourth-order valence-corrected chi connectivity index (χ4v) is 3.10. The van der Waals surface area contributed by atoms with E-state index < -0.39 is 5.97 Å². The van der Waals surface area contributed by atoms with Gasteiger partial charge in [-0.05, 0) is 37.0 Å². The average Bonchev–Trinajstić information content (AvgIpc) is 2.92. The molecule has 1 heterocycles. The Balaban J connectivity index is 2.15. The van der Waals surface area contributed by atoms with Crippen LogP contribution in [0.3, 0.4) is 0 Å². The van der Waals surface area contributed by atoms with Crippen LogP contribution in [0.25, 0.3) is 0 Å². The Kier molecular flexibility index (Phi) is 6.25. The number of carboxylic acids is 1. The summed E-state index contributed by atoms with van der Waals surface area (Å²) in [7, 11) is 0. The highest BCUT2D eigenvalue weighted by Gasteiger charge is 2.15. The third-order valence-corrected chi connectivity index (χ3v) is 4.53. The quantitative estimate of drug-likeness (QED) is 0.735. The minimum Gasteiger partial charge on any atom is -0.485 e. The van der Waals surface area contributed by atoms with Crippen LogP contribution in [0.2, 0.25) is 0 Å². The van der Waals surface area contributed by atoms with Crippen molar-refractivity contribution in [1.29, 1.82) is 0 Å². The van der Waals surface area contributed by atoms with Gasteiger partial charge in [0.15, 0.2) is 11.0 Å². The van der Waals surface area contributed by atoms with Crippen molar-refractivity contribution in [2.45, 2.75) is 51.9 Å². The summed E-state index contributed by atoms with van der Waals surface area (Å²) in [6, 6.07) is 6.20. The van der Waals surface area contributed by atoms with E-state index in [4.69, 9.17) is 9.84 Å². The predicted molar refractivity (Wildman–Crippen MR) is 93.7 cm³/mol. The second kappa shape index (κ2) is 8.19. The molecule has 0 saturated carbocycles. The molecule has 0 unspecified atom stereocenters. The number of aliphatic carboxylic acids is 1. The molecule has 2 aromatic rings. The molecule has 7 heteroatoms. The molecule has 1 aromatic heterocycles. The molecule has 0 aliphatic heterocycles. The molecule has 0 fully saturated rings. The molecule has 0 aliphatic rings.